The number of anilines is 2. The van der Waals surface area contributed by atoms with E-state index in [1.54, 1.807) is 0 Å². The maximum Gasteiger partial charge on any atom is 0.160 e. The van der Waals surface area contributed by atoms with E-state index in [0.29, 0.717) is 49.0 Å². The first kappa shape index (κ1) is 38.9. The molecule has 0 bridgehead atoms. The molecule has 284 valence electrons. The van der Waals surface area contributed by atoms with Gasteiger partial charge in [-0.1, -0.05) is 155 Å². The van der Waals surface area contributed by atoms with Crippen molar-refractivity contribution in [3.63, 3.8) is 0 Å². The lowest BCUT2D eigenvalue weighted by molar-refractivity contribution is 0.802. The second-order valence-electron chi connectivity index (χ2n) is 16.6. The van der Waals surface area contributed by atoms with Crippen molar-refractivity contribution in [1.82, 2.24) is 9.97 Å². The molecular weight excluding hydrogens is 788 g/mol. The Bertz CT molecular complexity index is 3670. The molecule has 0 spiro atoms. The smallest absolute Gasteiger partial charge is 0.160 e. The van der Waals surface area contributed by atoms with Gasteiger partial charge in [-0.05, 0) is 73.6 Å². The van der Waals surface area contributed by atoms with E-state index in [1.807, 2.05) is 66.7 Å². The average molecular weight is 817 g/mol. The zero-order valence-corrected chi connectivity index (χ0v) is 35.3. The summed E-state index contributed by atoms with van der Waals surface area (Å²) >= 11 is 1.45. The third-order valence-corrected chi connectivity index (χ3v) is 14.2. The molecule has 2 atom stereocenters. The van der Waals surface area contributed by atoms with Crippen molar-refractivity contribution in [2.24, 2.45) is 0 Å². The summed E-state index contributed by atoms with van der Waals surface area (Å²) in [5, 5.41) is 6.07. The molecule has 0 saturated carbocycles. The van der Waals surface area contributed by atoms with Crippen molar-refractivity contribution in [3.05, 3.63) is 168 Å². The number of nitrogens with zero attached hydrogens (tertiary/aromatic N) is 3. The Labute approximate surface area is 383 Å². The lowest BCUT2D eigenvalue weighted by atomic mass is 9.65. The highest BCUT2D eigenvalue weighted by Crippen LogP contribution is 2.48. The van der Waals surface area contributed by atoms with E-state index in [1.165, 1.54) is 33.0 Å². The topological polar surface area (TPSA) is 29.0 Å². The largest absolute Gasteiger partial charge is 0.333 e. The van der Waals surface area contributed by atoms with Crippen LogP contribution < -0.4 is 48.1 Å². The van der Waals surface area contributed by atoms with Crippen molar-refractivity contribution in [2.45, 2.75) is 12.0 Å². The number of rotatable bonds is 5. The highest BCUT2D eigenvalue weighted by molar-refractivity contribution is 7.28. The van der Waals surface area contributed by atoms with Crippen LogP contribution in [0.15, 0.2) is 152 Å². The van der Waals surface area contributed by atoms with E-state index in [2.05, 4.69) is 102 Å². The molecule has 3 nitrogen and oxygen atoms in total. The third kappa shape index (κ3) is 5.95. The van der Waals surface area contributed by atoms with E-state index >= 15 is 0 Å². The fourth-order valence-corrected chi connectivity index (χ4v) is 11.2. The molecule has 12 radical (unpaired) electrons. The fraction of sp³-hybridized carbons (Fsp3) is 0.0370. The zero-order chi connectivity index (χ0) is 43.4. The van der Waals surface area contributed by atoms with Crippen LogP contribution in [-0.2, 0) is 0 Å². The van der Waals surface area contributed by atoms with Crippen LogP contribution >= 0.6 is 11.3 Å². The number of hydrogen-bond donors (Lipinski definition) is 0. The molecule has 2 unspecified atom stereocenters. The van der Waals surface area contributed by atoms with Crippen LogP contribution in [0.3, 0.4) is 0 Å². The molecular formula is C54H29B6N3S. The van der Waals surface area contributed by atoms with Gasteiger partial charge in [0.15, 0.2) is 5.82 Å². The number of benzene rings is 8. The van der Waals surface area contributed by atoms with Crippen LogP contribution in [0.4, 0.5) is 11.4 Å². The standard InChI is InChI=1S/C54H29B6N3S/c55-46-42(33-20-19-28-21-22-35(24-34(28)23-33)63-40-18-10-9-17-36(40)37-25-31-15-7-8-16-32(31)26-41(37)63)44-45-48(57)49(58)50(59)51(60)53(45)64-52(44)43(47(46)56)39-27-38(29-11-3-1-4-12-29)61-54(62-39)30-13-5-2-6-14-30/h1-27,37,41H. The van der Waals surface area contributed by atoms with Gasteiger partial charge in [-0.3, -0.25) is 0 Å². The van der Waals surface area contributed by atoms with Gasteiger partial charge in [0.25, 0.3) is 0 Å². The summed E-state index contributed by atoms with van der Waals surface area (Å²) in [7, 11) is 41.6. The minimum absolute atomic E-state index is 0.116. The molecule has 1 aliphatic carbocycles. The fourth-order valence-electron chi connectivity index (χ4n) is 9.87. The first-order chi connectivity index (χ1) is 31.2. The molecule has 10 aromatic rings. The van der Waals surface area contributed by atoms with Gasteiger partial charge < -0.3 is 4.90 Å². The van der Waals surface area contributed by atoms with Crippen molar-refractivity contribution in [3.8, 4) is 45.0 Å². The quantitative estimate of drug-likeness (QED) is 0.221. The summed E-state index contributed by atoms with van der Waals surface area (Å²) in [5.74, 6) is 0.766. The van der Waals surface area contributed by atoms with Crippen molar-refractivity contribution < 1.29 is 0 Å². The molecule has 0 fully saturated rings. The zero-order valence-electron chi connectivity index (χ0n) is 34.5. The maximum absolute atomic E-state index is 7.35. The van der Waals surface area contributed by atoms with Gasteiger partial charge in [0.05, 0.1) is 17.4 Å². The first-order valence-electron chi connectivity index (χ1n) is 21.1. The predicted octanol–water partition coefficient (Wildman–Crippen LogP) is 5.31. The van der Waals surface area contributed by atoms with E-state index < -0.39 is 0 Å². The second kappa shape index (κ2) is 14.9. The van der Waals surface area contributed by atoms with Gasteiger partial charge in [0, 0.05) is 48.8 Å². The van der Waals surface area contributed by atoms with Gasteiger partial charge in [-0.15, -0.1) is 22.3 Å². The van der Waals surface area contributed by atoms with Crippen LogP contribution in [0, 0.1) is 0 Å². The Morgan fingerprint density at radius 3 is 1.88 bits per heavy atom. The summed E-state index contributed by atoms with van der Waals surface area (Å²) in [6.45, 7) is 0. The summed E-state index contributed by atoms with van der Waals surface area (Å²) < 4.78 is 1.49. The van der Waals surface area contributed by atoms with Crippen LogP contribution in [0.25, 0.3) is 88.1 Å². The molecule has 2 aromatic heterocycles. The monoisotopic (exact) mass is 817 g/mol. The van der Waals surface area contributed by atoms with Crippen molar-refractivity contribution in [2.75, 3.05) is 4.90 Å². The minimum Gasteiger partial charge on any atom is -0.333 e. The molecule has 2 aliphatic rings. The second-order valence-corrected chi connectivity index (χ2v) is 17.6. The van der Waals surface area contributed by atoms with E-state index in [4.69, 9.17) is 57.0 Å². The number of thiophene rings is 1. The number of para-hydroxylation sites is 1. The molecule has 12 rings (SSSR count). The summed E-state index contributed by atoms with van der Waals surface area (Å²) in [6, 6.07) is 52.4. The van der Waals surface area contributed by atoms with E-state index in [-0.39, 0.29) is 22.9 Å². The molecule has 0 amide bonds. The number of hydrogen-bond acceptors (Lipinski definition) is 4. The van der Waals surface area contributed by atoms with E-state index in [9.17, 15) is 0 Å². The minimum atomic E-state index is 0.116. The third-order valence-electron chi connectivity index (χ3n) is 13.0. The molecule has 1 aliphatic heterocycles. The average Bonchev–Trinajstić information content (AvgIpc) is 3.88. The van der Waals surface area contributed by atoms with E-state index in [0.717, 1.165) is 54.5 Å². The maximum atomic E-state index is 7.35. The molecule has 8 aromatic carbocycles. The number of fused-ring (bicyclic) bond motifs is 8. The van der Waals surface area contributed by atoms with Crippen molar-refractivity contribution in [1.29, 1.82) is 0 Å². The van der Waals surface area contributed by atoms with Gasteiger partial charge in [-0.25, -0.2) is 9.97 Å². The summed E-state index contributed by atoms with van der Waals surface area (Å²) in [6.07, 6.45) is 4.82. The first-order valence-corrected chi connectivity index (χ1v) is 22.0. The lowest BCUT2D eigenvalue weighted by Gasteiger charge is -2.29. The molecule has 0 saturated heterocycles. The Morgan fingerprint density at radius 1 is 0.453 bits per heavy atom. The van der Waals surface area contributed by atoms with Crippen LogP contribution in [-0.4, -0.2) is 63.1 Å². The molecule has 0 N–H and O–H groups in total. The highest BCUT2D eigenvalue weighted by Gasteiger charge is 2.38. The van der Waals surface area contributed by atoms with Gasteiger partial charge in [0.2, 0.25) is 0 Å². The summed E-state index contributed by atoms with van der Waals surface area (Å²) in [4.78, 5) is 12.7. The highest BCUT2D eigenvalue weighted by atomic mass is 32.1. The van der Waals surface area contributed by atoms with Crippen LogP contribution in [0.1, 0.15) is 11.5 Å². The van der Waals surface area contributed by atoms with Gasteiger partial charge in [-0.2, -0.15) is 0 Å². The number of aromatic nitrogens is 2. The Kier molecular flexibility index (Phi) is 9.07. The van der Waals surface area contributed by atoms with Gasteiger partial charge in [0.1, 0.15) is 47.1 Å². The summed E-state index contributed by atoms with van der Waals surface area (Å²) in [5.41, 5.74) is 10.9. The SMILES string of the molecule is [B]c1c([B])c([B])c2c(sc3c(-c4cc(-c5ccccc5)nc(-c5ccccc5)n4)c([B])c([B])c(-c4ccc5ccc(N6c7ccccc7C7C=c8ccccc8=CC76)cc5c4)c32)c1[B]. The lowest BCUT2D eigenvalue weighted by Crippen LogP contribution is -2.47. The molecule has 10 heteroatoms. The normalized spacial score (nSPS) is 15.2. The Balaban J connectivity index is 1.10. The van der Waals surface area contributed by atoms with Crippen molar-refractivity contribution >= 4 is 146 Å². The Morgan fingerprint density at radius 2 is 1.09 bits per heavy atom. The Hall–Kier alpha value is -6.75. The predicted molar refractivity (Wildman–Crippen MR) is 276 cm³/mol. The van der Waals surface area contributed by atoms with Gasteiger partial charge >= 0.3 is 0 Å². The van der Waals surface area contributed by atoms with Crippen LogP contribution in [0.5, 0.6) is 0 Å². The molecule has 3 heterocycles. The molecule has 64 heavy (non-hydrogen) atoms. The van der Waals surface area contributed by atoms with Crippen LogP contribution in [0.2, 0.25) is 0 Å².